The standard InChI is InChI=1S/C15H16O5/c1-3-10(15(17)18-2)6-7-19-11-4-5-12-13(16)9-20-14(12)8-11/h4-6,8H,3,7,9H2,1-2H3. The van der Waals surface area contributed by atoms with Crippen LogP contribution in [0.1, 0.15) is 23.7 Å². The molecular weight excluding hydrogens is 260 g/mol. The fourth-order valence-electron chi connectivity index (χ4n) is 1.90. The highest BCUT2D eigenvalue weighted by atomic mass is 16.5. The number of benzene rings is 1. The maximum Gasteiger partial charge on any atom is 0.333 e. The van der Waals surface area contributed by atoms with E-state index in [2.05, 4.69) is 4.74 Å². The van der Waals surface area contributed by atoms with Gasteiger partial charge in [-0.3, -0.25) is 4.79 Å². The average molecular weight is 276 g/mol. The molecule has 0 radical (unpaired) electrons. The van der Waals surface area contributed by atoms with Gasteiger partial charge in [0.2, 0.25) is 5.78 Å². The Morgan fingerprint density at radius 3 is 2.95 bits per heavy atom. The van der Waals surface area contributed by atoms with Gasteiger partial charge < -0.3 is 14.2 Å². The third-order valence-electron chi connectivity index (χ3n) is 3.02. The minimum atomic E-state index is -0.348. The van der Waals surface area contributed by atoms with Crippen LogP contribution in [-0.2, 0) is 9.53 Å². The van der Waals surface area contributed by atoms with Crippen molar-refractivity contribution in [1.29, 1.82) is 0 Å². The summed E-state index contributed by atoms with van der Waals surface area (Å²) in [7, 11) is 1.35. The average Bonchev–Trinajstić information content (AvgIpc) is 2.84. The number of carbonyl (C=O) groups excluding carboxylic acids is 2. The third-order valence-corrected chi connectivity index (χ3v) is 3.02. The molecule has 5 heteroatoms. The minimum absolute atomic E-state index is 0.0228. The molecule has 0 unspecified atom stereocenters. The number of methoxy groups -OCH3 is 1. The number of esters is 1. The third kappa shape index (κ3) is 2.99. The van der Waals surface area contributed by atoms with Gasteiger partial charge in [-0.05, 0) is 24.6 Å². The van der Waals surface area contributed by atoms with Gasteiger partial charge in [-0.1, -0.05) is 6.92 Å². The molecule has 0 aromatic heterocycles. The van der Waals surface area contributed by atoms with Crippen LogP contribution in [0, 0.1) is 0 Å². The highest BCUT2D eigenvalue weighted by Crippen LogP contribution is 2.29. The van der Waals surface area contributed by atoms with Crippen LogP contribution in [-0.4, -0.2) is 32.1 Å². The molecule has 0 spiro atoms. The van der Waals surface area contributed by atoms with Gasteiger partial charge >= 0.3 is 5.97 Å². The first kappa shape index (κ1) is 14.1. The van der Waals surface area contributed by atoms with Crippen molar-refractivity contribution in [2.24, 2.45) is 0 Å². The van der Waals surface area contributed by atoms with E-state index in [1.54, 1.807) is 24.3 Å². The van der Waals surface area contributed by atoms with Crippen molar-refractivity contribution >= 4 is 11.8 Å². The molecule has 0 atom stereocenters. The fraction of sp³-hybridized carbons (Fsp3) is 0.333. The van der Waals surface area contributed by atoms with Crippen LogP contribution >= 0.6 is 0 Å². The molecule has 1 aromatic rings. The first-order chi connectivity index (χ1) is 9.65. The van der Waals surface area contributed by atoms with Crippen molar-refractivity contribution in [3.05, 3.63) is 35.4 Å². The Bertz CT molecular complexity index is 559. The van der Waals surface area contributed by atoms with E-state index in [0.717, 1.165) is 0 Å². The second-order valence-electron chi connectivity index (χ2n) is 4.26. The fourth-order valence-corrected chi connectivity index (χ4v) is 1.90. The van der Waals surface area contributed by atoms with Crippen LogP contribution in [0.25, 0.3) is 0 Å². The van der Waals surface area contributed by atoms with Gasteiger partial charge in [0, 0.05) is 11.6 Å². The highest BCUT2D eigenvalue weighted by molar-refractivity contribution is 6.02. The van der Waals surface area contributed by atoms with E-state index in [0.29, 0.717) is 29.1 Å². The van der Waals surface area contributed by atoms with Crippen molar-refractivity contribution in [1.82, 2.24) is 0 Å². The van der Waals surface area contributed by atoms with Gasteiger partial charge in [-0.25, -0.2) is 4.79 Å². The summed E-state index contributed by atoms with van der Waals surface area (Å²) in [5, 5.41) is 0. The molecule has 1 heterocycles. The molecule has 2 rings (SSSR count). The van der Waals surface area contributed by atoms with Gasteiger partial charge in [-0.2, -0.15) is 0 Å². The lowest BCUT2D eigenvalue weighted by atomic mass is 10.1. The second-order valence-corrected chi connectivity index (χ2v) is 4.26. The van der Waals surface area contributed by atoms with Gasteiger partial charge in [0.15, 0.2) is 6.61 Å². The number of rotatable bonds is 5. The maximum atomic E-state index is 11.4. The van der Waals surface area contributed by atoms with E-state index in [1.165, 1.54) is 7.11 Å². The van der Waals surface area contributed by atoms with E-state index in [4.69, 9.17) is 9.47 Å². The van der Waals surface area contributed by atoms with E-state index >= 15 is 0 Å². The highest BCUT2D eigenvalue weighted by Gasteiger charge is 2.21. The number of carbonyl (C=O) groups is 2. The molecule has 0 bridgehead atoms. The Morgan fingerprint density at radius 1 is 1.45 bits per heavy atom. The summed E-state index contributed by atoms with van der Waals surface area (Å²) in [6.45, 7) is 2.21. The molecule has 5 nitrogen and oxygen atoms in total. The van der Waals surface area contributed by atoms with Crippen LogP contribution in [0.15, 0.2) is 29.8 Å². The number of ketones is 1. The summed E-state index contributed by atoms with van der Waals surface area (Å²) >= 11 is 0. The van der Waals surface area contributed by atoms with Crippen molar-refractivity contribution < 1.29 is 23.8 Å². The molecule has 0 saturated heterocycles. The van der Waals surface area contributed by atoms with E-state index in [-0.39, 0.29) is 25.0 Å². The molecule has 1 aromatic carbocycles. The summed E-state index contributed by atoms with van der Waals surface area (Å²) in [5.74, 6) is 0.763. The quantitative estimate of drug-likeness (QED) is 0.609. The Hall–Kier alpha value is -2.30. The summed E-state index contributed by atoms with van der Waals surface area (Å²) in [6.07, 6.45) is 2.27. The van der Waals surface area contributed by atoms with Crippen LogP contribution in [0.2, 0.25) is 0 Å². The molecular formula is C15H16O5. The molecule has 0 saturated carbocycles. The van der Waals surface area contributed by atoms with Gasteiger partial charge in [-0.15, -0.1) is 0 Å². The van der Waals surface area contributed by atoms with Gasteiger partial charge in [0.05, 0.1) is 12.7 Å². The second kappa shape index (κ2) is 6.23. The number of hydrogen-bond acceptors (Lipinski definition) is 5. The summed E-state index contributed by atoms with van der Waals surface area (Å²) in [5.41, 5.74) is 1.15. The number of hydrogen-bond donors (Lipinski definition) is 0. The summed E-state index contributed by atoms with van der Waals surface area (Å²) in [4.78, 5) is 22.8. The van der Waals surface area contributed by atoms with Crippen LogP contribution < -0.4 is 9.47 Å². The number of Topliss-reactive ketones (excluding diaryl/α,β-unsaturated/α-hetero) is 1. The lowest BCUT2D eigenvalue weighted by molar-refractivity contribution is -0.136. The molecule has 0 aliphatic carbocycles. The van der Waals surface area contributed by atoms with Crippen molar-refractivity contribution in [2.45, 2.75) is 13.3 Å². The summed E-state index contributed by atoms with van der Waals surface area (Å²) < 4.78 is 15.4. The summed E-state index contributed by atoms with van der Waals surface area (Å²) in [6, 6.07) is 5.08. The minimum Gasteiger partial charge on any atom is -0.489 e. The van der Waals surface area contributed by atoms with Crippen LogP contribution in [0.4, 0.5) is 0 Å². The Morgan fingerprint density at radius 2 is 2.25 bits per heavy atom. The topological polar surface area (TPSA) is 61.8 Å². The maximum absolute atomic E-state index is 11.4. The zero-order valence-corrected chi connectivity index (χ0v) is 11.5. The van der Waals surface area contributed by atoms with Crippen molar-refractivity contribution in [2.75, 3.05) is 20.3 Å². The first-order valence-electron chi connectivity index (χ1n) is 6.36. The lowest BCUT2D eigenvalue weighted by Gasteiger charge is -2.06. The lowest BCUT2D eigenvalue weighted by Crippen LogP contribution is -2.06. The van der Waals surface area contributed by atoms with Crippen molar-refractivity contribution in [3.63, 3.8) is 0 Å². The Kier molecular flexibility index (Phi) is 4.40. The molecule has 20 heavy (non-hydrogen) atoms. The van der Waals surface area contributed by atoms with E-state index in [9.17, 15) is 9.59 Å². The molecule has 0 amide bonds. The Balaban J connectivity index is 2.00. The molecule has 1 aliphatic heterocycles. The monoisotopic (exact) mass is 276 g/mol. The first-order valence-corrected chi connectivity index (χ1v) is 6.36. The predicted octanol–water partition coefficient (Wildman–Crippen LogP) is 2.15. The molecule has 1 aliphatic rings. The zero-order valence-electron chi connectivity index (χ0n) is 11.5. The van der Waals surface area contributed by atoms with Gasteiger partial charge in [0.25, 0.3) is 0 Å². The van der Waals surface area contributed by atoms with Crippen LogP contribution in [0.5, 0.6) is 11.5 Å². The number of fused-ring (bicyclic) bond motifs is 1. The number of ether oxygens (including phenoxy) is 3. The van der Waals surface area contributed by atoms with Gasteiger partial charge in [0.1, 0.15) is 18.1 Å². The molecule has 106 valence electrons. The smallest absolute Gasteiger partial charge is 0.333 e. The molecule has 0 fully saturated rings. The normalized spacial score (nSPS) is 13.7. The Labute approximate surface area is 117 Å². The SMILES string of the molecule is CCC(=CCOc1ccc2c(c1)OCC2=O)C(=O)OC. The van der Waals surface area contributed by atoms with Crippen LogP contribution in [0.3, 0.4) is 0 Å². The van der Waals surface area contributed by atoms with Crippen molar-refractivity contribution in [3.8, 4) is 11.5 Å². The van der Waals surface area contributed by atoms with E-state index in [1.807, 2.05) is 6.92 Å². The predicted molar refractivity (Wildman–Crippen MR) is 72.2 cm³/mol. The largest absolute Gasteiger partial charge is 0.489 e. The van der Waals surface area contributed by atoms with E-state index < -0.39 is 0 Å². The molecule has 0 N–H and O–H groups in total. The zero-order chi connectivity index (χ0) is 14.5.